The van der Waals surface area contributed by atoms with Crippen molar-refractivity contribution in [3.8, 4) is 0 Å². The fourth-order valence-electron chi connectivity index (χ4n) is 1.89. The van der Waals surface area contributed by atoms with Crippen molar-refractivity contribution in [2.75, 3.05) is 6.54 Å². The molecule has 0 unspecified atom stereocenters. The molecule has 78 valence electrons. The van der Waals surface area contributed by atoms with Crippen molar-refractivity contribution in [1.29, 1.82) is 0 Å². The average Bonchev–Trinajstić information content (AvgIpc) is 2.55. The molecule has 0 saturated heterocycles. The summed E-state index contributed by atoms with van der Waals surface area (Å²) in [5.41, 5.74) is 4.57. The monoisotopic (exact) mass is 191 g/mol. The maximum atomic E-state index is 3.24. The lowest BCUT2D eigenvalue weighted by Crippen LogP contribution is -2.37. The summed E-state index contributed by atoms with van der Waals surface area (Å²) in [4.78, 5) is 2.51. The maximum absolute atomic E-state index is 3.24. The van der Waals surface area contributed by atoms with Crippen molar-refractivity contribution in [3.63, 3.8) is 0 Å². The largest absolute Gasteiger partial charge is 0.298 e. The van der Waals surface area contributed by atoms with Gasteiger partial charge in [-0.1, -0.05) is 12.2 Å². The topological polar surface area (TPSA) is 3.24 Å². The summed E-state index contributed by atoms with van der Waals surface area (Å²) in [5, 5.41) is 0. The van der Waals surface area contributed by atoms with Crippen LogP contribution < -0.4 is 0 Å². The van der Waals surface area contributed by atoms with Crippen LogP contribution >= 0.6 is 0 Å². The molecule has 0 spiro atoms. The van der Waals surface area contributed by atoms with E-state index in [-0.39, 0.29) is 0 Å². The van der Waals surface area contributed by atoms with Crippen molar-refractivity contribution in [2.24, 2.45) is 0 Å². The normalized spacial score (nSPS) is 14.9. The lowest BCUT2D eigenvalue weighted by atomic mass is 10.1. The van der Waals surface area contributed by atoms with Crippen LogP contribution in [0.25, 0.3) is 0 Å². The molecule has 0 radical (unpaired) electrons. The molecule has 0 aromatic carbocycles. The lowest BCUT2D eigenvalue weighted by molar-refractivity contribution is 0.178. The van der Waals surface area contributed by atoms with E-state index in [1.807, 2.05) is 6.08 Å². The SMILES string of the molecule is CC(C)N(CCC1=C=CC=C1)C(C)C. The van der Waals surface area contributed by atoms with Gasteiger partial charge in [-0.05, 0) is 45.8 Å². The molecule has 1 aliphatic rings. The van der Waals surface area contributed by atoms with Crippen molar-refractivity contribution in [2.45, 2.75) is 46.2 Å². The van der Waals surface area contributed by atoms with Gasteiger partial charge in [-0.25, -0.2) is 0 Å². The first-order chi connectivity index (χ1) is 6.61. The van der Waals surface area contributed by atoms with Gasteiger partial charge < -0.3 is 0 Å². The average molecular weight is 191 g/mol. The zero-order valence-electron chi connectivity index (χ0n) is 9.75. The van der Waals surface area contributed by atoms with Crippen LogP contribution in [0.5, 0.6) is 0 Å². The second-order valence-corrected chi connectivity index (χ2v) is 4.37. The molecule has 0 bridgehead atoms. The third-order valence-electron chi connectivity index (χ3n) is 2.63. The van der Waals surface area contributed by atoms with Crippen LogP contribution in [0, 0.1) is 0 Å². The molecule has 0 heterocycles. The van der Waals surface area contributed by atoms with Crippen LogP contribution in [-0.2, 0) is 0 Å². The highest BCUT2D eigenvalue weighted by atomic mass is 15.2. The summed E-state index contributed by atoms with van der Waals surface area (Å²) in [6.45, 7) is 10.2. The Labute approximate surface area is 87.8 Å². The van der Waals surface area contributed by atoms with Gasteiger partial charge in [0.15, 0.2) is 0 Å². The van der Waals surface area contributed by atoms with Gasteiger partial charge in [-0.15, -0.1) is 5.73 Å². The third kappa shape index (κ3) is 3.17. The smallest absolute Gasteiger partial charge is 0.00414 e. The summed E-state index contributed by atoms with van der Waals surface area (Å²) in [5.74, 6) is 0. The Morgan fingerprint density at radius 1 is 1.21 bits per heavy atom. The predicted octanol–water partition coefficient (Wildman–Crippen LogP) is 3.15. The molecule has 1 nitrogen and oxygen atoms in total. The molecule has 0 amide bonds. The molecule has 0 aromatic heterocycles. The van der Waals surface area contributed by atoms with Crippen LogP contribution in [0.3, 0.4) is 0 Å². The van der Waals surface area contributed by atoms with Crippen LogP contribution in [0.1, 0.15) is 34.1 Å². The van der Waals surface area contributed by atoms with E-state index < -0.39 is 0 Å². The Kier molecular flexibility index (Phi) is 4.19. The quantitative estimate of drug-likeness (QED) is 0.603. The zero-order chi connectivity index (χ0) is 10.6. The standard InChI is InChI=1S/C13H21N/c1-11(2)14(12(3)4)10-9-13-7-5-6-8-13/h5-7,11-12H,9-10H2,1-4H3. The van der Waals surface area contributed by atoms with Crippen molar-refractivity contribution in [3.05, 3.63) is 29.5 Å². The first kappa shape index (κ1) is 11.3. The van der Waals surface area contributed by atoms with Crippen LogP contribution in [0.2, 0.25) is 0 Å². The number of rotatable bonds is 5. The number of nitrogens with zero attached hydrogens (tertiary/aromatic N) is 1. The second kappa shape index (κ2) is 5.19. The first-order valence-electron chi connectivity index (χ1n) is 5.49. The third-order valence-corrected chi connectivity index (χ3v) is 2.63. The Hall–Kier alpha value is -0.780. The maximum Gasteiger partial charge on any atom is 0.00414 e. The van der Waals surface area contributed by atoms with Gasteiger partial charge >= 0.3 is 0 Å². The molecule has 14 heavy (non-hydrogen) atoms. The van der Waals surface area contributed by atoms with Gasteiger partial charge in [-0.3, -0.25) is 4.90 Å². The van der Waals surface area contributed by atoms with Gasteiger partial charge in [0.25, 0.3) is 0 Å². The number of allylic oxidation sites excluding steroid dienone is 2. The number of hydrogen-bond acceptors (Lipinski definition) is 1. The molecule has 1 rings (SSSR count). The molecule has 0 fully saturated rings. The van der Waals surface area contributed by atoms with E-state index in [4.69, 9.17) is 0 Å². The highest BCUT2D eigenvalue weighted by Gasteiger charge is 2.12. The molecule has 1 aliphatic carbocycles. The molecular weight excluding hydrogens is 170 g/mol. The summed E-state index contributed by atoms with van der Waals surface area (Å²) in [6, 6.07) is 1.26. The van der Waals surface area contributed by atoms with Crippen LogP contribution in [-0.4, -0.2) is 23.5 Å². The minimum absolute atomic E-state index is 0.630. The Morgan fingerprint density at radius 3 is 2.29 bits per heavy atom. The van der Waals surface area contributed by atoms with E-state index in [0.717, 1.165) is 13.0 Å². The summed E-state index contributed by atoms with van der Waals surface area (Å²) in [6.07, 6.45) is 7.32. The Balaban J connectivity index is 2.41. The van der Waals surface area contributed by atoms with E-state index in [0.29, 0.717) is 12.1 Å². The molecular formula is C13H21N. The van der Waals surface area contributed by atoms with Gasteiger partial charge in [0.1, 0.15) is 0 Å². The van der Waals surface area contributed by atoms with E-state index >= 15 is 0 Å². The Morgan fingerprint density at radius 2 is 1.86 bits per heavy atom. The van der Waals surface area contributed by atoms with E-state index in [2.05, 4.69) is 50.5 Å². The fraction of sp³-hybridized carbons (Fsp3) is 0.615. The van der Waals surface area contributed by atoms with E-state index in [1.54, 1.807) is 0 Å². The minimum atomic E-state index is 0.630. The highest BCUT2D eigenvalue weighted by Crippen LogP contribution is 2.12. The summed E-state index contributed by atoms with van der Waals surface area (Å²) < 4.78 is 0. The van der Waals surface area contributed by atoms with E-state index in [1.165, 1.54) is 5.57 Å². The Bertz CT molecular complexity index is 257. The molecule has 0 saturated carbocycles. The molecule has 1 heteroatoms. The van der Waals surface area contributed by atoms with Crippen molar-refractivity contribution < 1.29 is 0 Å². The predicted molar refractivity (Wildman–Crippen MR) is 62.3 cm³/mol. The molecule has 0 aromatic rings. The van der Waals surface area contributed by atoms with Gasteiger partial charge in [0, 0.05) is 18.6 Å². The first-order valence-corrected chi connectivity index (χ1v) is 5.49. The molecule has 0 N–H and O–H groups in total. The van der Waals surface area contributed by atoms with Crippen LogP contribution in [0.15, 0.2) is 29.5 Å². The van der Waals surface area contributed by atoms with E-state index in [9.17, 15) is 0 Å². The van der Waals surface area contributed by atoms with Gasteiger partial charge in [0.05, 0.1) is 0 Å². The number of hydrogen-bond donors (Lipinski definition) is 0. The minimum Gasteiger partial charge on any atom is -0.298 e. The second-order valence-electron chi connectivity index (χ2n) is 4.37. The summed E-state index contributed by atoms with van der Waals surface area (Å²) >= 11 is 0. The molecule has 0 aliphatic heterocycles. The van der Waals surface area contributed by atoms with Gasteiger partial charge in [-0.2, -0.15) is 0 Å². The van der Waals surface area contributed by atoms with Crippen molar-refractivity contribution >= 4 is 0 Å². The fourth-order valence-corrected chi connectivity index (χ4v) is 1.89. The zero-order valence-corrected chi connectivity index (χ0v) is 9.75. The molecule has 0 atom stereocenters. The lowest BCUT2D eigenvalue weighted by Gasteiger charge is -2.30. The summed E-state index contributed by atoms with van der Waals surface area (Å²) in [7, 11) is 0. The van der Waals surface area contributed by atoms with Crippen molar-refractivity contribution in [1.82, 2.24) is 4.90 Å². The highest BCUT2D eigenvalue weighted by molar-refractivity contribution is 5.28. The van der Waals surface area contributed by atoms with Crippen LogP contribution in [0.4, 0.5) is 0 Å². The van der Waals surface area contributed by atoms with Gasteiger partial charge in [0.2, 0.25) is 0 Å².